The number of aromatic nitrogens is 3. The van der Waals surface area contributed by atoms with Gasteiger partial charge in [-0.2, -0.15) is 0 Å². The minimum absolute atomic E-state index is 0.0955. The van der Waals surface area contributed by atoms with Crippen LogP contribution in [0.3, 0.4) is 0 Å². The molecule has 2 heterocycles. The lowest BCUT2D eigenvalue weighted by Gasteiger charge is -2.18. The minimum atomic E-state index is -0.608. The molecule has 6 nitrogen and oxygen atoms in total. The van der Waals surface area contributed by atoms with Crippen LogP contribution in [0, 0.1) is 12.7 Å². The van der Waals surface area contributed by atoms with Crippen LogP contribution < -0.4 is 5.32 Å². The second kappa shape index (κ2) is 6.04. The van der Waals surface area contributed by atoms with Crippen LogP contribution in [0.5, 0.6) is 0 Å². The zero-order valence-electron chi connectivity index (χ0n) is 12.7. The van der Waals surface area contributed by atoms with Gasteiger partial charge in [-0.05, 0) is 24.6 Å². The van der Waals surface area contributed by atoms with Gasteiger partial charge in [-0.1, -0.05) is 17.3 Å². The van der Waals surface area contributed by atoms with Crippen LogP contribution in [0.15, 0.2) is 47.2 Å². The van der Waals surface area contributed by atoms with E-state index >= 15 is 0 Å². The Labute approximate surface area is 131 Å². The quantitative estimate of drug-likeness (QED) is 0.802. The number of amides is 1. The predicted octanol–water partition coefficient (Wildman–Crippen LogP) is 2.38. The Morgan fingerprint density at radius 2 is 2.22 bits per heavy atom. The summed E-state index contributed by atoms with van der Waals surface area (Å²) in [4.78, 5) is 16.6. The summed E-state index contributed by atoms with van der Waals surface area (Å²) in [6.45, 7) is 1.73. The molecule has 0 radical (unpaired) electrons. The third-order valence-corrected chi connectivity index (χ3v) is 3.43. The molecule has 0 fully saturated rings. The summed E-state index contributed by atoms with van der Waals surface area (Å²) in [6.07, 6.45) is 3.37. The molecule has 118 valence electrons. The molecule has 0 unspecified atom stereocenters. The molecule has 7 heteroatoms. The minimum Gasteiger partial charge on any atom is -0.351 e. The number of hydrogen-bond acceptors (Lipinski definition) is 4. The standard InChI is InChI=1S/C16H15FN4O2/c1-10-8-13(23-20-10)16(22)19-14(15-18-6-7-21(15)2)11-4-3-5-12(17)9-11/h3-9,14H,1-2H3,(H,19,22)/t14-/m0/s1. The third-order valence-electron chi connectivity index (χ3n) is 3.43. The molecule has 0 aliphatic carbocycles. The van der Waals surface area contributed by atoms with Crippen LogP contribution in [0.1, 0.15) is 33.7 Å². The number of hydrogen-bond donors (Lipinski definition) is 1. The van der Waals surface area contributed by atoms with E-state index in [1.165, 1.54) is 18.2 Å². The first-order valence-corrected chi connectivity index (χ1v) is 7.01. The number of nitrogens with one attached hydrogen (secondary N) is 1. The fourth-order valence-corrected chi connectivity index (χ4v) is 2.31. The molecule has 0 saturated carbocycles. The predicted molar refractivity (Wildman–Crippen MR) is 80.2 cm³/mol. The summed E-state index contributed by atoms with van der Waals surface area (Å²) in [7, 11) is 1.80. The Morgan fingerprint density at radius 3 is 2.83 bits per heavy atom. The van der Waals surface area contributed by atoms with Gasteiger partial charge < -0.3 is 14.4 Å². The van der Waals surface area contributed by atoms with Gasteiger partial charge in [-0.25, -0.2) is 9.37 Å². The van der Waals surface area contributed by atoms with E-state index in [9.17, 15) is 9.18 Å². The van der Waals surface area contributed by atoms with E-state index in [0.717, 1.165) is 0 Å². The normalized spacial score (nSPS) is 12.1. The van der Waals surface area contributed by atoms with Gasteiger partial charge in [0.25, 0.3) is 5.91 Å². The van der Waals surface area contributed by atoms with Gasteiger partial charge in [0.1, 0.15) is 17.7 Å². The molecule has 1 amide bonds. The van der Waals surface area contributed by atoms with E-state index < -0.39 is 11.9 Å². The molecule has 0 spiro atoms. The maximum atomic E-state index is 13.6. The van der Waals surface area contributed by atoms with Crippen molar-refractivity contribution in [3.63, 3.8) is 0 Å². The van der Waals surface area contributed by atoms with Crippen LogP contribution in [0.25, 0.3) is 0 Å². The topological polar surface area (TPSA) is 73.0 Å². The smallest absolute Gasteiger partial charge is 0.290 e. The first-order valence-electron chi connectivity index (χ1n) is 7.01. The number of aryl methyl sites for hydroxylation is 2. The second-order valence-electron chi connectivity index (χ2n) is 5.19. The fourth-order valence-electron chi connectivity index (χ4n) is 2.31. The van der Waals surface area contributed by atoms with Crippen molar-refractivity contribution in [3.05, 3.63) is 71.4 Å². The molecule has 1 aromatic carbocycles. The first-order chi connectivity index (χ1) is 11.0. The Morgan fingerprint density at radius 1 is 1.39 bits per heavy atom. The largest absolute Gasteiger partial charge is 0.351 e. The van der Waals surface area contributed by atoms with Gasteiger partial charge in [-0.3, -0.25) is 4.79 Å². The molecule has 3 aromatic rings. The van der Waals surface area contributed by atoms with Crippen molar-refractivity contribution in [2.45, 2.75) is 13.0 Å². The summed E-state index contributed by atoms with van der Waals surface area (Å²) in [5, 5.41) is 6.51. The van der Waals surface area contributed by atoms with E-state index in [1.54, 1.807) is 43.1 Å². The van der Waals surface area contributed by atoms with Crippen LogP contribution in [0.4, 0.5) is 4.39 Å². The highest BCUT2D eigenvalue weighted by Crippen LogP contribution is 2.22. The number of benzene rings is 1. The van der Waals surface area contributed by atoms with Crippen LogP contribution in [0.2, 0.25) is 0 Å². The van der Waals surface area contributed by atoms with Gasteiger partial charge in [0, 0.05) is 25.5 Å². The molecule has 0 aliphatic heterocycles. The van der Waals surface area contributed by atoms with Gasteiger partial charge >= 0.3 is 0 Å². The summed E-state index contributed by atoms with van der Waals surface area (Å²) in [6, 6.07) is 6.96. The summed E-state index contributed by atoms with van der Waals surface area (Å²) < 4.78 is 20.3. The Balaban J connectivity index is 1.96. The molecule has 2 aromatic heterocycles. The maximum absolute atomic E-state index is 13.6. The van der Waals surface area contributed by atoms with Crippen molar-refractivity contribution < 1.29 is 13.7 Å². The third kappa shape index (κ3) is 3.13. The van der Waals surface area contributed by atoms with Gasteiger partial charge in [-0.15, -0.1) is 0 Å². The van der Waals surface area contributed by atoms with Gasteiger partial charge in [0.15, 0.2) is 0 Å². The van der Waals surface area contributed by atoms with Crippen molar-refractivity contribution >= 4 is 5.91 Å². The zero-order chi connectivity index (χ0) is 16.4. The van der Waals surface area contributed by atoms with E-state index in [-0.39, 0.29) is 11.6 Å². The fraction of sp³-hybridized carbons (Fsp3) is 0.188. The average molecular weight is 314 g/mol. The Bertz CT molecular complexity index is 840. The lowest BCUT2D eigenvalue weighted by atomic mass is 10.1. The summed E-state index contributed by atoms with van der Waals surface area (Å²) in [5.74, 6) is -0.146. The molecule has 0 bridgehead atoms. The van der Waals surface area contributed by atoms with E-state index in [4.69, 9.17) is 4.52 Å². The van der Waals surface area contributed by atoms with Crippen molar-refractivity contribution in [3.8, 4) is 0 Å². The highest BCUT2D eigenvalue weighted by atomic mass is 19.1. The van der Waals surface area contributed by atoms with E-state index in [0.29, 0.717) is 17.1 Å². The molecule has 23 heavy (non-hydrogen) atoms. The van der Waals surface area contributed by atoms with Crippen molar-refractivity contribution in [1.29, 1.82) is 0 Å². The SMILES string of the molecule is Cc1cc(C(=O)N[C@@H](c2cccc(F)c2)c2nccn2C)on1. The monoisotopic (exact) mass is 314 g/mol. The first kappa shape index (κ1) is 15.0. The molecule has 1 atom stereocenters. The van der Waals surface area contributed by atoms with Gasteiger partial charge in [0.05, 0.1) is 5.69 Å². The number of halogens is 1. The molecular weight excluding hydrogens is 299 g/mol. The lowest BCUT2D eigenvalue weighted by Crippen LogP contribution is -2.31. The molecule has 0 aliphatic rings. The molecule has 0 saturated heterocycles. The van der Waals surface area contributed by atoms with E-state index in [2.05, 4.69) is 15.5 Å². The van der Waals surface area contributed by atoms with Crippen molar-refractivity contribution in [2.75, 3.05) is 0 Å². The number of imidazole rings is 1. The summed E-state index contributed by atoms with van der Waals surface area (Å²) in [5.41, 5.74) is 1.19. The summed E-state index contributed by atoms with van der Waals surface area (Å²) >= 11 is 0. The number of carbonyl (C=O) groups is 1. The van der Waals surface area contributed by atoms with Crippen LogP contribution in [-0.4, -0.2) is 20.6 Å². The number of nitrogens with zero attached hydrogens (tertiary/aromatic N) is 3. The highest BCUT2D eigenvalue weighted by Gasteiger charge is 2.23. The van der Waals surface area contributed by atoms with Crippen molar-refractivity contribution in [2.24, 2.45) is 7.05 Å². The molecular formula is C16H15FN4O2. The van der Waals surface area contributed by atoms with Crippen LogP contribution in [-0.2, 0) is 7.05 Å². The Kier molecular flexibility index (Phi) is 3.92. The highest BCUT2D eigenvalue weighted by molar-refractivity contribution is 5.91. The Hall–Kier alpha value is -2.96. The van der Waals surface area contributed by atoms with Gasteiger partial charge in [0.2, 0.25) is 5.76 Å². The maximum Gasteiger partial charge on any atom is 0.290 e. The lowest BCUT2D eigenvalue weighted by molar-refractivity contribution is 0.0904. The van der Waals surface area contributed by atoms with E-state index in [1.807, 2.05) is 0 Å². The molecule has 1 N–H and O–H groups in total. The van der Waals surface area contributed by atoms with Crippen LogP contribution >= 0.6 is 0 Å². The number of carbonyl (C=O) groups excluding carboxylic acids is 1. The zero-order valence-corrected chi connectivity index (χ0v) is 12.7. The molecule has 3 rings (SSSR count). The second-order valence-corrected chi connectivity index (χ2v) is 5.19. The average Bonchev–Trinajstić information content (AvgIpc) is 3.13. The van der Waals surface area contributed by atoms with Crippen molar-refractivity contribution in [1.82, 2.24) is 20.0 Å². The number of rotatable bonds is 4.